The number of hydrogen-bond donors (Lipinski definition) is 1. The zero-order valence-electron chi connectivity index (χ0n) is 9.50. The van der Waals surface area contributed by atoms with Crippen molar-refractivity contribution in [1.29, 1.82) is 0 Å². The van der Waals surface area contributed by atoms with Crippen LogP contribution >= 0.6 is 0 Å². The van der Waals surface area contributed by atoms with E-state index in [1.807, 2.05) is 0 Å². The summed E-state index contributed by atoms with van der Waals surface area (Å²) in [4.78, 5) is 4.08. The normalized spacial score (nSPS) is 14.4. The molecule has 0 fully saturated rings. The lowest BCUT2D eigenvalue weighted by molar-refractivity contribution is 0.246. The van der Waals surface area contributed by atoms with E-state index in [4.69, 9.17) is 10.2 Å². The molecule has 1 aromatic heterocycles. The third kappa shape index (κ3) is 2.84. The molecule has 1 unspecified atom stereocenters. The monoisotopic (exact) mass is 196 g/mol. The minimum atomic E-state index is 0.301. The average molecular weight is 196 g/mol. The highest BCUT2D eigenvalue weighted by molar-refractivity contribution is 4.96. The van der Waals surface area contributed by atoms with Crippen molar-refractivity contribution in [3.05, 3.63) is 17.8 Å². The van der Waals surface area contributed by atoms with Crippen molar-refractivity contribution < 1.29 is 4.42 Å². The van der Waals surface area contributed by atoms with Gasteiger partial charge in [0, 0.05) is 6.42 Å². The number of oxazole rings is 1. The summed E-state index contributed by atoms with van der Waals surface area (Å²) in [6.45, 7) is 9.31. The van der Waals surface area contributed by atoms with E-state index in [1.54, 1.807) is 6.20 Å². The zero-order valence-corrected chi connectivity index (χ0v) is 9.50. The average Bonchev–Trinajstić information content (AvgIpc) is 2.50. The Bertz CT molecular complexity index is 286. The predicted molar refractivity (Wildman–Crippen MR) is 56.7 cm³/mol. The van der Waals surface area contributed by atoms with Crippen molar-refractivity contribution in [3.63, 3.8) is 0 Å². The molecule has 0 aliphatic heterocycles. The van der Waals surface area contributed by atoms with Crippen molar-refractivity contribution in [2.45, 2.75) is 40.7 Å². The van der Waals surface area contributed by atoms with Crippen molar-refractivity contribution in [3.8, 4) is 0 Å². The van der Waals surface area contributed by atoms with Crippen LogP contribution in [0, 0.1) is 11.3 Å². The smallest absolute Gasteiger partial charge is 0.208 e. The van der Waals surface area contributed by atoms with E-state index >= 15 is 0 Å². The Morgan fingerprint density at radius 2 is 2.14 bits per heavy atom. The number of nitrogens with zero attached hydrogens (tertiary/aromatic N) is 1. The van der Waals surface area contributed by atoms with Gasteiger partial charge in [-0.05, 0) is 11.3 Å². The summed E-state index contributed by atoms with van der Waals surface area (Å²) in [6, 6.07) is 0. The quantitative estimate of drug-likeness (QED) is 0.807. The van der Waals surface area contributed by atoms with Crippen molar-refractivity contribution >= 4 is 0 Å². The van der Waals surface area contributed by atoms with Crippen LogP contribution in [-0.4, -0.2) is 4.98 Å². The Morgan fingerprint density at radius 1 is 1.50 bits per heavy atom. The molecule has 0 bridgehead atoms. The molecule has 0 spiro atoms. The summed E-state index contributed by atoms with van der Waals surface area (Å²) in [5.41, 5.74) is 5.72. The van der Waals surface area contributed by atoms with Crippen LogP contribution < -0.4 is 5.73 Å². The molecule has 3 nitrogen and oxygen atoms in total. The van der Waals surface area contributed by atoms with Crippen LogP contribution in [0.1, 0.15) is 39.3 Å². The first-order valence-electron chi connectivity index (χ1n) is 5.07. The zero-order chi connectivity index (χ0) is 10.8. The number of aromatic nitrogens is 1. The van der Waals surface area contributed by atoms with E-state index in [0.29, 0.717) is 23.8 Å². The van der Waals surface area contributed by atoms with E-state index < -0.39 is 0 Å². The van der Waals surface area contributed by atoms with Gasteiger partial charge in [0.25, 0.3) is 0 Å². The molecule has 1 atom stereocenters. The van der Waals surface area contributed by atoms with Crippen molar-refractivity contribution in [2.24, 2.45) is 17.1 Å². The molecule has 0 saturated heterocycles. The highest BCUT2D eigenvalue weighted by atomic mass is 16.4. The fourth-order valence-electron chi connectivity index (χ4n) is 1.14. The first kappa shape index (κ1) is 11.2. The molecule has 1 heterocycles. The van der Waals surface area contributed by atoms with E-state index in [0.717, 1.165) is 12.2 Å². The molecule has 0 saturated carbocycles. The van der Waals surface area contributed by atoms with Gasteiger partial charge in [-0.3, -0.25) is 0 Å². The maximum Gasteiger partial charge on any atom is 0.208 e. The van der Waals surface area contributed by atoms with Gasteiger partial charge in [-0.2, -0.15) is 0 Å². The standard InChI is InChI=1S/C11H20N2O/c1-8(11(2,3)4)5-9-7-13-10(6-12)14-9/h7-8H,5-6,12H2,1-4H3. The van der Waals surface area contributed by atoms with Crippen LogP contribution in [0.5, 0.6) is 0 Å². The van der Waals surface area contributed by atoms with Gasteiger partial charge in [0.1, 0.15) is 5.76 Å². The maximum absolute atomic E-state index is 5.46. The highest BCUT2D eigenvalue weighted by Crippen LogP contribution is 2.28. The van der Waals surface area contributed by atoms with E-state index in [2.05, 4.69) is 32.7 Å². The van der Waals surface area contributed by atoms with Crippen LogP contribution in [0.2, 0.25) is 0 Å². The summed E-state index contributed by atoms with van der Waals surface area (Å²) >= 11 is 0. The Hall–Kier alpha value is -0.830. The fourth-order valence-corrected chi connectivity index (χ4v) is 1.14. The molecule has 0 radical (unpaired) electrons. The molecular weight excluding hydrogens is 176 g/mol. The molecule has 1 aromatic rings. The van der Waals surface area contributed by atoms with Crippen molar-refractivity contribution in [2.75, 3.05) is 0 Å². The van der Waals surface area contributed by atoms with Gasteiger partial charge < -0.3 is 10.2 Å². The summed E-state index contributed by atoms with van der Waals surface area (Å²) in [6.07, 6.45) is 2.71. The lowest BCUT2D eigenvalue weighted by Crippen LogP contribution is -2.19. The third-order valence-corrected chi connectivity index (χ3v) is 2.76. The Morgan fingerprint density at radius 3 is 2.57 bits per heavy atom. The molecule has 0 aromatic carbocycles. The van der Waals surface area contributed by atoms with E-state index in [-0.39, 0.29) is 0 Å². The van der Waals surface area contributed by atoms with Crippen LogP contribution in [0.4, 0.5) is 0 Å². The Labute approximate surface area is 85.7 Å². The first-order valence-corrected chi connectivity index (χ1v) is 5.07. The molecule has 0 amide bonds. The molecule has 0 aliphatic carbocycles. The first-order chi connectivity index (χ1) is 6.43. The molecule has 2 N–H and O–H groups in total. The van der Waals surface area contributed by atoms with Gasteiger partial charge >= 0.3 is 0 Å². The third-order valence-electron chi connectivity index (χ3n) is 2.76. The van der Waals surface area contributed by atoms with Crippen molar-refractivity contribution in [1.82, 2.24) is 4.98 Å². The molecule has 3 heteroatoms. The Kier molecular flexibility index (Phi) is 3.32. The number of nitrogens with two attached hydrogens (primary N) is 1. The number of hydrogen-bond acceptors (Lipinski definition) is 3. The van der Waals surface area contributed by atoms with Gasteiger partial charge in [-0.1, -0.05) is 27.7 Å². The summed E-state index contributed by atoms with van der Waals surface area (Å²) in [7, 11) is 0. The van der Waals surface area contributed by atoms with Crippen LogP contribution in [0.15, 0.2) is 10.6 Å². The number of rotatable bonds is 3. The van der Waals surface area contributed by atoms with E-state index in [1.165, 1.54) is 0 Å². The highest BCUT2D eigenvalue weighted by Gasteiger charge is 2.21. The van der Waals surface area contributed by atoms with Gasteiger partial charge in [0.05, 0.1) is 12.7 Å². The maximum atomic E-state index is 5.46. The minimum absolute atomic E-state index is 0.301. The summed E-state index contributed by atoms with van der Waals surface area (Å²) in [5, 5.41) is 0. The SMILES string of the molecule is CC(Cc1cnc(CN)o1)C(C)(C)C. The second-order valence-corrected chi connectivity index (χ2v) is 4.90. The van der Waals surface area contributed by atoms with Gasteiger partial charge in [-0.25, -0.2) is 4.98 Å². The lowest BCUT2D eigenvalue weighted by atomic mass is 9.80. The molecule has 1 rings (SSSR count). The molecule has 14 heavy (non-hydrogen) atoms. The topological polar surface area (TPSA) is 52.0 Å². The predicted octanol–water partition coefficient (Wildman–Crippen LogP) is 2.36. The van der Waals surface area contributed by atoms with Crippen LogP contribution in [-0.2, 0) is 13.0 Å². The molecule has 80 valence electrons. The summed E-state index contributed by atoms with van der Waals surface area (Å²) in [5.74, 6) is 2.13. The minimum Gasteiger partial charge on any atom is -0.444 e. The van der Waals surface area contributed by atoms with Gasteiger partial charge in [0.15, 0.2) is 0 Å². The molecular formula is C11H20N2O. The second kappa shape index (κ2) is 4.13. The lowest BCUT2D eigenvalue weighted by Gasteiger charge is -2.26. The van der Waals surface area contributed by atoms with Crippen LogP contribution in [0.25, 0.3) is 0 Å². The van der Waals surface area contributed by atoms with Gasteiger partial charge in [-0.15, -0.1) is 0 Å². The summed E-state index contributed by atoms with van der Waals surface area (Å²) < 4.78 is 5.46. The Balaban J connectivity index is 2.60. The van der Waals surface area contributed by atoms with E-state index in [9.17, 15) is 0 Å². The largest absolute Gasteiger partial charge is 0.444 e. The van der Waals surface area contributed by atoms with Gasteiger partial charge in [0.2, 0.25) is 5.89 Å². The molecule has 0 aliphatic rings. The second-order valence-electron chi connectivity index (χ2n) is 4.90. The van der Waals surface area contributed by atoms with Crippen LogP contribution in [0.3, 0.4) is 0 Å². The fraction of sp³-hybridized carbons (Fsp3) is 0.727.